The van der Waals surface area contributed by atoms with Crippen molar-refractivity contribution in [2.75, 3.05) is 0 Å². The summed E-state index contributed by atoms with van der Waals surface area (Å²) >= 11 is 9.31. The first-order chi connectivity index (χ1) is 15.1. The Labute approximate surface area is 195 Å². The van der Waals surface area contributed by atoms with E-state index in [0.29, 0.717) is 9.90 Å². The summed E-state index contributed by atoms with van der Waals surface area (Å²) in [5.74, 6) is -0.279. The Balaban J connectivity index is 1.69. The molecule has 1 saturated carbocycles. The molecule has 2 aromatic heterocycles. The predicted octanol–water partition coefficient (Wildman–Crippen LogP) is 6.30. The van der Waals surface area contributed by atoms with Crippen molar-refractivity contribution in [3.63, 3.8) is 0 Å². The van der Waals surface area contributed by atoms with Gasteiger partial charge >= 0.3 is 0 Å². The summed E-state index contributed by atoms with van der Waals surface area (Å²) in [5, 5.41) is 7.64. The van der Waals surface area contributed by atoms with Gasteiger partial charge in [-0.25, -0.2) is 0 Å². The van der Waals surface area contributed by atoms with Crippen LogP contribution in [0.5, 0.6) is 0 Å². The fraction of sp³-hybridized carbons (Fsp3) is 0.333. The summed E-state index contributed by atoms with van der Waals surface area (Å²) in [6.45, 7) is 0.261. The normalized spacial score (nSPS) is 15.4. The molecule has 162 valence electrons. The number of thiophene rings is 2. The summed E-state index contributed by atoms with van der Waals surface area (Å²) in [6.07, 6.45) is 5.47. The van der Waals surface area contributed by atoms with Gasteiger partial charge in [-0.3, -0.25) is 9.59 Å². The van der Waals surface area contributed by atoms with Gasteiger partial charge in [0.1, 0.15) is 6.04 Å². The van der Waals surface area contributed by atoms with Crippen molar-refractivity contribution in [3.8, 4) is 0 Å². The van der Waals surface area contributed by atoms with Crippen LogP contribution in [-0.2, 0) is 11.3 Å². The molecule has 1 aliphatic carbocycles. The summed E-state index contributed by atoms with van der Waals surface area (Å²) in [7, 11) is 0. The van der Waals surface area contributed by atoms with Gasteiger partial charge in [0.15, 0.2) is 0 Å². The molecule has 0 radical (unpaired) electrons. The van der Waals surface area contributed by atoms with Gasteiger partial charge in [0.05, 0.1) is 4.88 Å². The third kappa shape index (κ3) is 5.37. The Morgan fingerprint density at radius 1 is 1.00 bits per heavy atom. The van der Waals surface area contributed by atoms with E-state index < -0.39 is 6.04 Å². The van der Waals surface area contributed by atoms with Crippen LogP contribution in [0.3, 0.4) is 0 Å². The highest BCUT2D eigenvalue weighted by atomic mass is 35.5. The second kappa shape index (κ2) is 10.4. The highest BCUT2D eigenvalue weighted by molar-refractivity contribution is 7.12. The standard InChI is InChI=1S/C24H25ClN2O2S2/c25-19-11-5-4-8-17(19)16-27(24(29)21-13-7-15-31-21)22(20-12-6-14-30-20)23(28)26-18-9-2-1-3-10-18/h4-8,11-15,18,22H,1-3,9-10,16H2,(H,26,28)/t22-/m1/s1. The number of hydrogen-bond acceptors (Lipinski definition) is 4. The highest BCUT2D eigenvalue weighted by Gasteiger charge is 2.34. The Morgan fingerprint density at radius 2 is 1.74 bits per heavy atom. The molecule has 31 heavy (non-hydrogen) atoms. The van der Waals surface area contributed by atoms with Crippen LogP contribution < -0.4 is 5.32 Å². The fourth-order valence-electron chi connectivity index (χ4n) is 4.03. The molecule has 0 spiro atoms. The molecule has 2 heterocycles. The number of carbonyl (C=O) groups excluding carboxylic acids is 2. The van der Waals surface area contributed by atoms with E-state index in [9.17, 15) is 9.59 Å². The summed E-state index contributed by atoms with van der Waals surface area (Å²) in [6, 6.07) is 14.5. The minimum Gasteiger partial charge on any atom is -0.351 e. The third-order valence-corrected chi connectivity index (χ3v) is 7.77. The highest BCUT2D eigenvalue weighted by Crippen LogP contribution is 2.32. The summed E-state index contributed by atoms with van der Waals surface area (Å²) in [5.41, 5.74) is 0.820. The Hall–Kier alpha value is -2.15. The van der Waals surface area contributed by atoms with Crippen LogP contribution in [0.25, 0.3) is 0 Å². The Kier molecular flexibility index (Phi) is 7.43. The fourth-order valence-corrected chi connectivity index (χ4v) is 5.74. The topological polar surface area (TPSA) is 49.4 Å². The average Bonchev–Trinajstić information content (AvgIpc) is 3.50. The molecule has 4 nitrogen and oxygen atoms in total. The van der Waals surface area contributed by atoms with Gasteiger partial charge < -0.3 is 10.2 Å². The Morgan fingerprint density at radius 3 is 2.42 bits per heavy atom. The van der Waals surface area contributed by atoms with Crippen LogP contribution in [0, 0.1) is 0 Å². The second-order valence-electron chi connectivity index (χ2n) is 7.76. The zero-order chi connectivity index (χ0) is 21.6. The van der Waals surface area contributed by atoms with Crippen LogP contribution in [-0.4, -0.2) is 22.8 Å². The number of hydrogen-bond donors (Lipinski definition) is 1. The van der Waals surface area contributed by atoms with Crippen LogP contribution in [0.2, 0.25) is 5.02 Å². The zero-order valence-electron chi connectivity index (χ0n) is 17.1. The maximum absolute atomic E-state index is 13.6. The van der Waals surface area contributed by atoms with E-state index in [2.05, 4.69) is 5.32 Å². The number of nitrogens with zero attached hydrogens (tertiary/aromatic N) is 1. The quantitative estimate of drug-likeness (QED) is 0.439. The number of halogens is 1. The van der Waals surface area contributed by atoms with E-state index in [1.165, 1.54) is 29.1 Å². The van der Waals surface area contributed by atoms with Crippen LogP contribution >= 0.6 is 34.3 Å². The number of amides is 2. The molecule has 1 fully saturated rings. The minimum absolute atomic E-state index is 0.119. The smallest absolute Gasteiger partial charge is 0.265 e. The summed E-state index contributed by atoms with van der Waals surface area (Å²) < 4.78 is 0. The van der Waals surface area contributed by atoms with E-state index >= 15 is 0 Å². The van der Waals surface area contributed by atoms with E-state index in [0.717, 1.165) is 36.1 Å². The molecule has 7 heteroatoms. The largest absolute Gasteiger partial charge is 0.351 e. The molecule has 0 aliphatic heterocycles. The van der Waals surface area contributed by atoms with Crippen LogP contribution in [0.1, 0.15) is 58.3 Å². The van der Waals surface area contributed by atoms with E-state index in [1.54, 1.807) is 11.0 Å². The molecule has 3 aromatic rings. The zero-order valence-corrected chi connectivity index (χ0v) is 19.5. The SMILES string of the molecule is O=C(NC1CCCCC1)[C@@H](c1cccs1)N(Cc1ccccc1Cl)C(=O)c1cccs1. The number of benzene rings is 1. The van der Waals surface area contributed by atoms with Crippen molar-refractivity contribution in [2.24, 2.45) is 0 Å². The van der Waals surface area contributed by atoms with E-state index in [4.69, 9.17) is 11.6 Å². The van der Waals surface area contributed by atoms with Crippen molar-refractivity contribution in [1.82, 2.24) is 10.2 Å². The molecule has 0 bridgehead atoms. The lowest BCUT2D eigenvalue weighted by atomic mass is 9.95. The van der Waals surface area contributed by atoms with Crippen molar-refractivity contribution in [1.29, 1.82) is 0 Å². The monoisotopic (exact) mass is 472 g/mol. The molecule has 2 amide bonds. The predicted molar refractivity (Wildman–Crippen MR) is 128 cm³/mol. The summed E-state index contributed by atoms with van der Waals surface area (Å²) in [4.78, 5) is 30.3. The maximum atomic E-state index is 13.6. The molecule has 1 atom stereocenters. The van der Waals surface area contributed by atoms with Crippen LogP contribution in [0.15, 0.2) is 59.3 Å². The molecule has 0 saturated heterocycles. The average molecular weight is 473 g/mol. The third-order valence-electron chi connectivity index (χ3n) is 5.62. The van der Waals surface area contributed by atoms with Crippen molar-refractivity contribution >= 4 is 46.1 Å². The number of carbonyl (C=O) groups is 2. The first-order valence-electron chi connectivity index (χ1n) is 10.5. The first kappa shape index (κ1) is 22.1. The van der Waals surface area contributed by atoms with Gasteiger partial charge in [-0.05, 0) is 47.4 Å². The van der Waals surface area contributed by atoms with Gasteiger partial charge in [-0.15, -0.1) is 22.7 Å². The second-order valence-corrected chi connectivity index (χ2v) is 10.1. The van der Waals surface area contributed by atoms with Crippen molar-refractivity contribution in [3.05, 3.63) is 79.6 Å². The van der Waals surface area contributed by atoms with E-state index in [1.807, 2.05) is 53.2 Å². The number of nitrogens with one attached hydrogen (secondary N) is 1. The van der Waals surface area contributed by atoms with Crippen molar-refractivity contribution < 1.29 is 9.59 Å². The van der Waals surface area contributed by atoms with Gasteiger partial charge in [0, 0.05) is 22.5 Å². The molecule has 4 rings (SSSR count). The van der Waals surface area contributed by atoms with Gasteiger partial charge in [0.25, 0.3) is 5.91 Å². The van der Waals surface area contributed by atoms with Crippen molar-refractivity contribution in [2.45, 2.75) is 50.7 Å². The minimum atomic E-state index is -0.701. The maximum Gasteiger partial charge on any atom is 0.265 e. The number of rotatable bonds is 7. The molecular formula is C24H25ClN2O2S2. The molecule has 1 N–H and O–H groups in total. The lowest BCUT2D eigenvalue weighted by Crippen LogP contribution is -2.46. The molecular weight excluding hydrogens is 448 g/mol. The van der Waals surface area contributed by atoms with E-state index in [-0.39, 0.29) is 24.4 Å². The van der Waals surface area contributed by atoms with Crippen LogP contribution in [0.4, 0.5) is 0 Å². The van der Waals surface area contributed by atoms with Gasteiger partial charge in [-0.2, -0.15) is 0 Å². The Bertz CT molecular complexity index is 999. The lowest BCUT2D eigenvalue weighted by Gasteiger charge is -2.32. The van der Waals surface area contributed by atoms with Gasteiger partial charge in [-0.1, -0.05) is 61.2 Å². The van der Waals surface area contributed by atoms with Gasteiger partial charge in [0.2, 0.25) is 5.91 Å². The molecule has 1 aliphatic rings. The first-order valence-corrected chi connectivity index (χ1v) is 12.7. The molecule has 0 unspecified atom stereocenters. The molecule has 1 aromatic carbocycles. The lowest BCUT2D eigenvalue weighted by molar-refractivity contribution is -0.127.